The van der Waals surface area contributed by atoms with E-state index in [1.807, 2.05) is 19.1 Å². The minimum Gasteiger partial charge on any atom is -0.489 e. The molecule has 1 saturated heterocycles. The van der Waals surface area contributed by atoms with E-state index in [2.05, 4.69) is 20.3 Å². The monoisotopic (exact) mass is 570 g/mol. The van der Waals surface area contributed by atoms with Crippen molar-refractivity contribution in [3.8, 4) is 29.0 Å². The van der Waals surface area contributed by atoms with Crippen LogP contribution >= 0.6 is 11.6 Å². The standard InChI is InChI=1S/C27H31ClN6O6/c1-14-23(39-17-9-15-3-4-18(26(35)36)19(15)10-17)6-5-21(30-14)24-22(34(2)33-32-24)13-38-27-29-11-20(28)25(31-27)40-16-7-8-37-12-16/h5-6,11,15-19H,3-4,7-10,12-13H2,1-2H3,(H,35,36)/t15?,16-,17?,18?,19?/m1/s1. The van der Waals surface area contributed by atoms with E-state index in [9.17, 15) is 9.90 Å². The molecule has 0 spiro atoms. The maximum Gasteiger partial charge on any atom is 0.320 e. The Morgan fingerprint density at radius 2 is 2.05 bits per heavy atom. The number of carboxylic acids is 1. The molecule has 6 rings (SSSR count). The number of carboxylic acid groups (broad SMARTS) is 1. The summed E-state index contributed by atoms with van der Waals surface area (Å²) in [4.78, 5) is 24.8. The number of nitrogens with zero attached hydrogens (tertiary/aromatic N) is 6. The number of ether oxygens (including phenoxy) is 4. The lowest BCUT2D eigenvalue weighted by Crippen LogP contribution is -2.21. The zero-order valence-corrected chi connectivity index (χ0v) is 23.1. The van der Waals surface area contributed by atoms with Gasteiger partial charge in [0.2, 0.25) is 5.88 Å². The highest BCUT2D eigenvalue weighted by atomic mass is 35.5. The van der Waals surface area contributed by atoms with E-state index >= 15 is 0 Å². The van der Waals surface area contributed by atoms with Crippen molar-refractivity contribution in [3.63, 3.8) is 0 Å². The minimum absolute atomic E-state index is 0.00146. The lowest BCUT2D eigenvalue weighted by atomic mass is 9.92. The maximum atomic E-state index is 11.6. The van der Waals surface area contributed by atoms with Gasteiger partial charge in [-0.2, -0.15) is 4.98 Å². The Balaban J connectivity index is 1.12. The van der Waals surface area contributed by atoms with Crippen LogP contribution in [0.3, 0.4) is 0 Å². The van der Waals surface area contributed by atoms with E-state index in [0.717, 1.165) is 37.8 Å². The summed E-state index contributed by atoms with van der Waals surface area (Å²) in [6.07, 6.45) is 5.48. The fourth-order valence-corrected chi connectivity index (χ4v) is 6.18. The Bertz CT molecular complexity index is 1400. The van der Waals surface area contributed by atoms with E-state index in [-0.39, 0.29) is 42.5 Å². The first-order valence-corrected chi connectivity index (χ1v) is 13.9. The molecule has 4 heterocycles. The zero-order valence-electron chi connectivity index (χ0n) is 22.3. The van der Waals surface area contributed by atoms with E-state index in [1.165, 1.54) is 6.20 Å². The molecule has 0 radical (unpaired) electrons. The summed E-state index contributed by atoms with van der Waals surface area (Å²) in [5.41, 5.74) is 2.62. The lowest BCUT2D eigenvalue weighted by molar-refractivity contribution is -0.143. The molecule has 0 bridgehead atoms. The van der Waals surface area contributed by atoms with Crippen molar-refractivity contribution < 1.29 is 28.8 Å². The number of halogens is 1. The molecular formula is C27H31ClN6O6. The highest BCUT2D eigenvalue weighted by molar-refractivity contribution is 6.31. The third-order valence-corrected chi connectivity index (χ3v) is 8.36. The number of hydrogen-bond donors (Lipinski definition) is 1. The van der Waals surface area contributed by atoms with Crippen LogP contribution < -0.4 is 14.2 Å². The molecule has 3 aromatic heterocycles. The first kappa shape index (κ1) is 26.7. The van der Waals surface area contributed by atoms with Crippen molar-refractivity contribution in [3.05, 3.63) is 34.7 Å². The summed E-state index contributed by atoms with van der Waals surface area (Å²) in [6, 6.07) is 3.85. The number of aromatic nitrogens is 6. The predicted octanol–water partition coefficient (Wildman–Crippen LogP) is 3.64. The first-order valence-electron chi connectivity index (χ1n) is 13.5. The van der Waals surface area contributed by atoms with Crippen molar-refractivity contribution in [2.75, 3.05) is 13.2 Å². The molecule has 3 fully saturated rings. The van der Waals surface area contributed by atoms with Gasteiger partial charge in [-0.3, -0.25) is 4.79 Å². The van der Waals surface area contributed by atoms with Crippen LogP contribution in [0, 0.1) is 24.7 Å². The number of fused-ring (bicyclic) bond motifs is 1. The number of pyridine rings is 1. The number of aliphatic carboxylic acids is 1. The minimum atomic E-state index is -0.685. The van der Waals surface area contributed by atoms with Crippen LogP contribution in [0.4, 0.5) is 0 Å². The fourth-order valence-electron chi connectivity index (χ4n) is 6.05. The van der Waals surface area contributed by atoms with E-state index in [0.29, 0.717) is 47.0 Å². The van der Waals surface area contributed by atoms with Crippen LogP contribution in [0.1, 0.15) is 43.5 Å². The quantitative estimate of drug-likeness (QED) is 0.402. The predicted molar refractivity (Wildman–Crippen MR) is 141 cm³/mol. The van der Waals surface area contributed by atoms with Gasteiger partial charge in [-0.05, 0) is 56.6 Å². The van der Waals surface area contributed by atoms with Crippen molar-refractivity contribution in [1.29, 1.82) is 0 Å². The Morgan fingerprint density at radius 1 is 1.18 bits per heavy atom. The van der Waals surface area contributed by atoms with Gasteiger partial charge in [0, 0.05) is 13.5 Å². The van der Waals surface area contributed by atoms with Crippen LogP contribution in [-0.4, -0.2) is 66.4 Å². The van der Waals surface area contributed by atoms with Crippen LogP contribution in [0.15, 0.2) is 18.3 Å². The summed E-state index contributed by atoms with van der Waals surface area (Å²) >= 11 is 6.22. The molecule has 1 N–H and O–H groups in total. The molecule has 0 aromatic carbocycles. The molecule has 5 atom stereocenters. The van der Waals surface area contributed by atoms with Crippen molar-refractivity contribution in [2.45, 2.75) is 57.8 Å². The molecule has 0 amide bonds. The molecule has 3 aromatic rings. The van der Waals surface area contributed by atoms with Gasteiger partial charge in [-0.1, -0.05) is 16.8 Å². The lowest BCUT2D eigenvalue weighted by Gasteiger charge is -2.18. The van der Waals surface area contributed by atoms with Crippen molar-refractivity contribution >= 4 is 17.6 Å². The van der Waals surface area contributed by atoms with Gasteiger partial charge in [0.25, 0.3) is 0 Å². The molecule has 2 aliphatic carbocycles. The smallest absolute Gasteiger partial charge is 0.320 e. The molecule has 212 valence electrons. The van der Waals surface area contributed by atoms with Gasteiger partial charge >= 0.3 is 12.0 Å². The Hall–Kier alpha value is -3.51. The van der Waals surface area contributed by atoms with E-state index in [1.54, 1.807) is 11.7 Å². The molecular weight excluding hydrogens is 540 g/mol. The number of hydrogen-bond acceptors (Lipinski definition) is 10. The summed E-state index contributed by atoms with van der Waals surface area (Å²) in [5.74, 6) is 0.622. The van der Waals surface area contributed by atoms with Gasteiger partial charge < -0.3 is 24.1 Å². The Morgan fingerprint density at radius 3 is 2.83 bits per heavy atom. The third-order valence-electron chi connectivity index (χ3n) is 8.10. The number of carbonyl (C=O) groups is 1. The van der Waals surface area contributed by atoms with Crippen LogP contribution in [0.5, 0.6) is 17.6 Å². The van der Waals surface area contributed by atoms with E-state index < -0.39 is 5.97 Å². The summed E-state index contributed by atoms with van der Waals surface area (Å²) in [6.45, 7) is 3.12. The normalized spacial score (nSPS) is 25.6. The van der Waals surface area contributed by atoms with Gasteiger partial charge in [-0.15, -0.1) is 5.10 Å². The molecule has 12 nitrogen and oxygen atoms in total. The van der Waals surface area contributed by atoms with Gasteiger partial charge in [0.05, 0.1) is 42.8 Å². The summed E-state index contributed by atoms with van der Waals surface area (Å²) in [7, 11) is 1.78. The SMILES string of the molecule is Cc1nc(-c2nnn(C)c2COc2ncc(Cl)c(O[C@@H]3CCOC3)n2)ccc1OC1CC2CCC(C(=O)O)C2C1. The second-order valence-electron chi connectivity index (χ2n) is 10.6. The van der Waals surface area contributed by atoms with Crippen LogP contribution in [-0.2, 0) is 23.2 Å². The highest BCUT2D eigenvalue weighted by Gasteiger charge is 2.47. The van der Waals surface area contributed by atoms with Crippen LogP contribution in [0.25, 0.3) is 11.4 Å². The first-order chi connectivity index (χ1) is 19.4. The summed E-state index contributed by atoms with van der Waals surface area (Å²) < 4.78 is 25.0. The molecule has 40 heavy (non-hydrogen) atoms. The largest absolute Gasteiger partial charge is 0.489 e. The molecule has 1 aliphatic heterocycles. The number of rotatable bonds is 9. The zero-order chi connectivity index (χ0) is 27.8. The van der Waals surface area contributed by atoms with Gasteiger partial charge in [-0.25, -0.2) is 14.6 Å². The Labute approximate surface area is 236 Å². The average Bonchev–Trinajstić information content (AvgIpc) is 3.71. The van der Waals surface area contributed by atoms with E-state index in [4.69, 9.17) is 35.5 Å². The van der Waals surface area contributed by atoms with Gasteiger partial charge in [0.15, 0.2) is 0 Å². The van der Waals surface area contributed by atoms with Gasteiger partial charge in [0.1, 0.15) is 34.9 Å². The maximum absolute atomic E-state index is 11.6. The topological polar surface area (TPSA) is 144 Å². The third kappa shape index (κ3) is 5.42. The molecule has 4 unspecified atom stereocenters. The van der Waals surface area contributed by atoms with Crippen molar-refractivity contribution in [2.24, 2.45) is 24.8 Å². The fraction of sp³-hybridized carbons (Fsp3) is 0.556. The van der Waals surface area contributed by atoms with Crippen molar-refractivity contribution in [1.82, 2.24) is 29.9 Å². The Kier molecular flexibility index (Phi) is 7.45. The molecule has 3 aliphatic rings. The number of aryl methyl sites for hydroxylation is 2. The molecule has 13 heteroatoms. The molecule has 2 saturated carbocycles. The average molecular weight is 571 g/mol. The second kappa shape index (κ2) is 11.2. The second-order valence-corrected chi connectivity index (χ2v) is 11.1. The highest BCUT2D eigenvalue weighted by Crippen LogP contribution is 2.48. The summed E-state index contributed by atoms with van der Waals surface area (Å²) in [5, 5.41) is 18.3. The van der Waals surface area contributed by atoms with Crippen LogP contribution in [0.2, 0.25) is 5.02 Å².